The van der Waals surface area contributed by atoms with Crippen LogP contribution in [0.15, 0.2) is 53.7 Å². The predicted octanol–water partition coefficient (Wildman–Crippen LogP) is 2.92. The van der Waals surface area contributed by atoms with Gasteiger partial charge in [0.05, 0.1) is 17.9 Å². The summed E-state index contributed by atoms with van der Waals surface area (Å²) >= 11 is 0. The Morgan fingerprint density at radius 2 is 2.00 bits per heavy atom. The second-order valence-corrected chi connectivity index (χ2v) is 8.80. The van der Waals surface area contributed by atoms with E-state index < -0.39 is 5.69 Å². The Bertz CT molecular complexity index is 1110. The molecule has 7 nitrogen and oxygen atoms in total. The fourth-order valence-corrected chi connectivity index (χ4v) is 3.93. The molecule has 1 aliphatic carbocycles. The van der Waals surface area contributed by atoms with Gasteiger partial charge in [0, 0.05) is 23.7 Å². The van der Waals surface area contributed by atoms with Crippen LogP contribution in [0.3, 0.4) is 0 Å². The smallest absolute Gasteiger partial charge is 0.347 e. The maximum absolute atomic E-state index is 12.5. The lowest BCUT2D eigenvalue weighted by Gasteiger charge is -2.24. The molecule has 0 bridgehead atoms. The van der Waals surface area contributed by atoms with Gasteiger partial charge >= 0.3 is 5.69 Å². The van der Waals surface area contributed by atoms with Gasteiger partial charge in [0.2, 0.25) is 5.91 Å². The number of nitrogens with zero attached hydrogens (tertiary/aromatic N) is 4. The number of amides is 1. The Balaban J connectivity index is 1.53. The molecule has 7 heteroatoms. The molecule has 2 aromatic heterocycles. The lowest BCUT2D eigenvalue weighted by molar-refractivity contribution is -0.122. The monoisotopic (exact) mass is 405 g/mol. The highest BCUT2D eigenvalue weighted by molar-refractivity contribution is 5.76. The van der Waals surface area contributed by atoms with Gasteiger partial charge in [-0.1, -0.05) is 32.9 Å². The molecule has 3 aromatic rings. The molecule has 0 saturated carbocycles. The Labute approximate surface area is 175 Å². The van der Waals surface area contributed by atoms with E-state index in [1.54, 1.807) is 12.3 Å². The summed E-state index contributed by atoms with van der Waals surface area (Å²) in [6.45, 7) is 6.56. The van der Waals surface area contributed by atoms with Gasteiger partial charge in [-0.2, -0.15) is 5.10 Å². The molecule has 4 rings (SSSR count). The standard InChI is InChI=1S/C23H27N5O2/c1-23(2,3)16-8-10-17(11-9-16)28-20-7-4-6-19(18(20)14-25-28)26-21(29)15-27-13-5-12-24-22(27)30/h5,8-14,19H,4,6-7,15H2,1-3H3,(H,26,29). The maximum Gasteiger partial charge on any atom is 0.347 e. The summed E-state index contributed by atoms with van der Waals surface area (Å²) in [5.41, 5.74) is 4.17. The van der Waals surface area contributed by atoms with Crippen molar-refractivity contribution in [1.29, 1.82) is 0 Å². The minimum atomic E-state index is -0.427. The number of hydrogen-bond donors (Lipinski definition) is 1. The summed E-state index contributed by atoms with van der Waals surface area (Å²) in [7, 11) is 0. The fourth-order valence-electron chi connectivity index (χ4n) is 3.93. The van der Waals surface area contributed by atoms with Gasteiger partial charge in [0.1, 0.15) is 6.54 Å². The molecule has 0 aliphatic heterocycles. The molecule has 30 heavy (non-hydrogen) atoms. The first-order valence-corrected chi connectivity index (χ1v) is 10.3. The van der Waals surface area contributed by atoms with Crippen molar-refractivity contribution in [2.45, 2.75) is 58.0 Å². The normalized spacial score (nSPS) is 16.2. The third-order valence-corrected chi connectivity index (χ3v) is 5.59. The van der Waals surface area contributed by atoms with Gasteiger partial charge in [-0.25, -0.2) is 14.5 Å². The van der Waals surface area contributed by atoms with E-state index in [0.717, 1.165) is 36.2 Å². The quantitative estimate of drug-likeness (QED) is 0.724. The number of hydrogen-bond acceptors (Lipinski definition) is 4. The molecule has 1 aromatic carbocycles. The van der Waals surface area contributed by atoms with Crippen molar-refractivity contribution in [3.63, 3.8) is 0 Å². The van der Waals surface area contributed by atoms with Crippen molar-refractivity contribution >= 4 is 5.91 Å². The molecule has 0 spiro atoms. The Morgan fingerprint density at radius 1 is 1.23 bits per heavy atom. The summed E-state index contributed by atoms with van der Waals surface area (Å²) < 4.78 is 3.28. The van der Waals surface area contributed by atoms with E-state index in [4.69, 9.17) is 0 Å². The van der Waals surface area contributed by atoms with Crippen molar-refractivity contribution in [2.75, 3.05) is 0 Å². The van der Waals surface area contributed by atoms with Crippen molar-refractivity contribution in [3.8, 4) is 5.69 Å². The molecule has 1 N–H and O–H groups in total. The van der Waals surface area contributed by atoms with Crippen LogP contribution >= 0.6 is 0 Å². The van der Waals surface area contributed by atoms with E-state index >= 15 is 0 Å². The summed E-state index contributed by atoms with van der Waals surface area (Å²) in [4.78, 5) is 28.0. The summed E-state index contributed by atoms with van der Waals surface area (Å²) in [5.74, 6) is -0.203. The van der Waals surface area contributed by atoms with Crippen LogP contribution in [0.4, 0.5) is 0 Å². The third kappa shape index (κ3) is 4.06. The maximum atomic E-state index is 12.5. The van der Waals surface area contributed by atoms with E-state index in [9.17, 15) is 9.59 Å². The molecular weight excluding hydrogens is 378 g/mol. The molecule has 0 saturated heterocycles. The topological polar surface area (TPSA) is 81.8 Å². The molecule has 1 aliphatic rings. The molecule has 1 amide bonds. The van der Waals surface area contributed by atoms with Crippen molar-refractivity contribution in [3.05, 3.63) is 76.2 Å². The lowest BCUT2D eigenvalue weighted by atomic mass is 9.87. The van der Waals surface area contributed by atoms with E-state index in [1.165, 1.54) is 16.3 Å². The minimum absolute atomic E-state index is 0.0408. The molecule has 1 unspecified atom stereocenters. The average molecular weight is 406 g/mol. The van der Waals surface area contributed by atoms with Crippen molar-refractivity contribution in [1.82, 2.24) is 24.6 Å². The average Bonchev–Trinajstić information content (AvgIpc) is 3.14. The lowest BCUT2D eigenvalue weighted by Crippen LogP contribution is -2.36. The zero-order chi connectivity index (χ0) is 21.3. The predicted molar refractivity (Wildman–Crippen MR) is 115 cm³/mol. The van der Waals surface area contributed by atoms with Crippen LogP contribution in [-0.2, 0) is 23.2 Å². The number of carbonyl (C=O) groups excluding carboxylic acids is 1. The minimum Gasteiger partial charge on any atom is -0.348 e. The summed E-state index contributed by atoms with van der Waals surface area (Å²) in [6, 6.07) is 10.0. The van der Waals surface area contributed by atoms with Gasteiger partial charge < -0.3 is 5.32 Å². The first kappa shape index (κ1) is 20.1. The third-order valence-electron chi connectivity index (χ3n) is 5.59. The van der Waals surface area contributed by atoms with Crippen LogP contribution < -0.4 is 11.0 Å². The highest BCUT2D eigenvalue weighted by atomic mass is 16.2. The highest BCUT2D eigenvalue weighted by Gasteiger charge is 2.26. The van der Waals surface area contributed by atoms with E-state index in [-0.39, 0.29) is 23.9 Å². The van der Waals surface area contributed by atoms with Gasteiger partial charge in [0.25, 0.3) is 0 Å². The molecule has 0 radical (unpaired) electrons. The number of carbonyl (C=O) groups is 1. The molecule has 1 atom stereocenters. The fraction of sp³-hybridized carbons (Fsp3) is 0.391. The Morgan fingerprint density at radius 3 is 2.70 bits per heavy atom. The van der Waals surface area contributed by atoms with Crippen LogP contribution in [0, 0.1) is 0 Å². The van der Waals surface area contributed by atoms with Gasteiger partial charge in [-0.3, -0.25) is 9.36 Å². The van der Waals surface area contributed by atoms with Crippen LogP contribution in [0.25, 0.3) is 5.69 Å². The summed E-state index contributed by atoms with van der Waals surface area (Å²) in [6.07, 6.45) is 7.59. The molecular formula is C23H27N5O2. The van der Waals surface area contributed by atoms with Gasteiger partial charge in [-0.15, -0.1) is 0 Å². The molecule has 0 fully saturated rings. The molecule has 2 heterocycles. The number of nitrogens with one attached hydrogen (secondary N) is 1. The van der Waals surface area contributed by atoms with Crippen LogP contribution in [0.1, 0.15) is 56.5 Å². The van der Waals surface area contributed by atoms with Gasteiger partial charge in [0.15, 0.2) is 0 Å². The van der Waals surface area contributed by atoms with Crippen LogP contribution in [-0.4, -0.2) is 25.2 Å². The Hall–Kier alpha value is -3.22. The first-order valence-electron chi connectivity index (χ1n) is 10.3. The second kappa shape index (κ2) is 7.89. The van der Waals surface area contributed by atoms with Crippen LogP contribution in [0.5, 0.6) is 0 Å². The Kier molecular flexibility index (Phi) is 5.28. The van der Waals surface area contributed by atoms with Crippen molar-refractivity contribution < 1.29 is 4.79 Å². The second-order valence-electron chi connectivity index (χ2n) is 8.80. The highest BCUT2D eigenvalue weighted by Crippen LogP contribution is 2.31. The SMILES string of the molecule is CC(C)(C)c1ccc(-n2ncc3c2CCCC3NC(=O)Cn2cccnc2=O)cc1. The van der Waals surface area contributed by atoms with Gasteiger partial charge in [-0.05, 0) is 48.4 Å². The molecule has 156 valence electrons. The van der Waals surface area contributed by atoms with E-state index in [2.05, 4.69) is 60.4 Å². The zero-order valence-corrected chi connectivity index (χ0v) is 17.6. The first-order chi connectivity index (χ1) is 14.3. The number of benzene rings is 1. The van der Waals surface area contributed by atoms with E-state index in [1.807, 2.05) is 10.9 Å². The summed E-state index contributed by atoms with van der Waals surface area (Å²) in [5, 5.41) is 7.68. The zero-order valence-electron chi connectivity index (χ0n) is 17.6. The number of fused-ring (bicyclic) bond motifs is 1. The van der Waals surface area contributed by atoms with Crippen molar-refractivity contribution in [2.24, 2.45) is 0 Å². The van der Waals surface area contributed by atoms with Crippen LogP contribution in [0.2, 0.25) is 0 Å². The van der Waals surface area contributed by atoms with E-state index in [0.29, 0.717) is 0 Å². The number of aromatic nitrogens is 4. The largest absolute Gasteiger partial charge is 0.348 e. The number of rotatable bonds is 4.